The summed E-state index contributed by atoms with van der Waals surface area (Å²) in [6, 6.07) is 0. The maximum atomic E-state index is 13.2. The van der Waals surface area contributed by atoms with E-state index in [1.165, 1.54) is 20.9 Å². The van der Waals surface area contributed by atoms with Crippen molar-refractivity contribution in [2.45, 2.75) is 51.2 Å². The minimum atomic E-state index is -1.44. The molecule has 3 N–H and O–H groups in total. The Morgan fingerprint density at radius 3 is 2.25 bits per heavy atom. The quantitative estimate of drug-likeness (QED) is 0.238. The number of hydrogen-bond acceptors (Lipinski definition) is 6. The van der Waals surface area contributed by atoms with E-state index in [0.29, 0.717) is 29.2 Å². The van der Waals surface area contributed by atoms with Crippen molar-refractivity contribution in [1.82, 2.24) is 5.32 Å². The second-order valence-corrected chi connectivity index (χ2v) is 10.6. The third kappa shape index (κ3) is 6.20. The summed E-state index contributed by atoms with van der Waals surface area (Å²) in [6.45, 7) is 2.70. The summed E-state index contributed by atoms with van der Waals surface area (Å²) in [4.78, 5) is 49.3. The number of carbonyl (C=O) groups is 4. The van der Waals surface area contributed by atoms with Gasteiger partial charge in [-0.3, -0.25) is 14.4 Å². The van der Waals surface area contributed by atoms with Gasteiger partial charge in [0.1, 0.15) is 11.7 Å². The molecule has 2 rings (SSSR count). The first-order chi connectivity index (χ1) is 14.9. The lowest BCUT2D eigenvalue weighted by molar-refractivity contribution is -0.137. The molecule has 174 valence electrons. The van der Waals surface area contributed by atoms with Crippen LogP contribution < -0.4 is 10.6 Å². The summed E-state index contributed by atoms with van der Waals surface area (Å²) in [7, 11) is 1.48. The molecule has 0 aromatic heterocycles. The van der Waals surface area contributed by atoms with E-state index < -0.39 is 23.6 Å². The van der Waals surface area contributed by atoms with Crippen LogP contribution in [0, 0.1) is 10.7 Å². The number of hydrogen-bond donors (Lipinski definition) is 3. The van der Waals surface area contributed by atoms with Gasteiger partial charge < -0.3 is 20.5 Å². The van der Waals surface area contributed by atoms with Crippen LogP contribution in [-0.2, 0) is 14.3 Å². The Morgan fingerprint density at radius 2 is 1.69 bits per heavy atom. The largest absolute Gasteiger partial charge is 0.454 e. The second kappa shape index (κ2) is 11.6. The number of benzene rings is 1. The minimum absolute atomic E-state index is 0.172. The van der Waals surface area contributed by atoms with Crippen molar-refractivity contribution >= 4 is 97.0 Å². The molecule has 1 aliphatic carbocycles. The number of carbonyl (C=O) groups excluding carboxylic acids is 4. The Kier molecular flexibility index (Phi) is 9.90. The molecule has 0 bridgehead atoms. The molecule has 1 aliphatic rings. The molecule has 0 heterocycles. The summed E-state index contributed by atoms with van der Waals surface area (Å²) >= 11 is 5.86. The van der Waals surface area contributed by atoms with E-state index in [9.17, 15) is 24.3 Å². The van der Waals surface area contributed by atoms with E-state index in [-0.39, 0.29) is 35.7 Å². The Morgan fingerprint density at radius 1 is 1.06 bits per heavy atom. The van der Waals surface area contributed by atoms with Crippen LogP contribution in [0.2, 0.25) is 0 Å². The third-order valence-corrected chi connectivity index (χ3v) is 8.34. The average Bonchev–Trinajstić information content (AvgIpc) is 2.70. The number of ether oxygens (including phenoxy) is 1. The van der Waals surface area contributed by atoms with E-state index in [0.717, 1.165) is 0 Å². The number of allylic oxidation sites excluding steroid dienone is 1. The highest BCUT2D eigenvalue weighted by Gasteiger charge is 2.34. The number of rotatable bonds is 5. The van der Waals surface area contributed by atoms with E-state index in [1.807, 2.05) is 67.8 Å². The van der Waals surface area contributed by atoms with Crippen molar-refractivity contribution in [3.63, 3.8) is 0 Å². The molecule has 2 atom stereocenters. The van der Waals surface area contributed by atoms with Gasteiger partial charge in [0, 0.05) is 17.5 Å². The Bertz CT molecular complexity index is 994. The predicted molar refractivity (Wildman–Crippen MR) is 145 cm³/mol. The van der Waals surface area contributed by atoms with Crippen molar-refractivity contribution in [3.05, 3.63) is 34.0 Å². The summed E-state index contributed by atoms with van der Waals surface area (Å²) in [6.07, 6.45) is 4.14. The molecule has 0 saturated heterocycles. The maximum Gasteiger partial charge on any atom is 0.340 e. The highest BCUT2D eigenvalue weighted by Crippen LogP contribution is 2.36. The lowest BCUT2D eigenvalue weighted by Crippen LogP contribution is -2.38. The van der Waals surface area contributed by atoms with Crippen molar-refractivity contribution in [3.8, 4) is 0 Å². The maximum absolute atomic E-state index is 13.2. The van der Waals surface area contributed by atoms with Gasteiger partial charge in [0.2, 0.25) is 5.91 Å². The van der Waals surface area contributed by atoms with Crippen LogP contribution in [0.4, 0.5) is 5.69 Å². The highest BCUT2D eigenvalue weighted by molar-refractivity contribution is 14.1. The van der Waals surface area contributed by atoms with Gasteiger partial charge in [-0.15, -0.1) is 0 Å². The van der Waals surface area contributed by atoms with Crippen LogP contribution >= 0.6 is 67.8 Å². The zero-order chi connectivity index (χ0) is 24.2. The summed E-state index contributed by atoms with van der Waals surface area (Å²) in [5.74, 6) is -1.70. The monoisotopic (exact) mass is 780 g/mol. The zero-order valence-electron chi connectivity index (χ0n) is 17.7. The molecule has 0 aliphatic heterocycles. The molecule has 2 amide bonds. The average molecular weight is 780 g/mol. The van der Waals surface area contributed by atoms with Crippen LogP contribution in [0.25, 0.3) is 0 Å². The first-order valence-electron chi connectivity index (χ1n) is 9.74. The highest BCUT2D eigenvalue weighted by atomic mass is 127. The van der Waals surface area contributed by atoms with Gasteiger partial charge >= 0.3 is 5.97 Å². The van der Waals surface area contributed by atoms with Gasteiger partial charge in [0.05, 0.1) is 24.0 Å². The fourth-order valence-electron chi connectivity index (χ4n) is 3.27. The number of Topliss-reactive ketones (excluding diaryl/α,β-unsaturated/α-hetero) is 1. The summed E-state index contributed by atoms with van der Waals surface area (Å²) in [5.41, 5.74) is -0.634. The predicted octanol–water partition coefficient (Wildman–Crippen LogP) is 3.79. The van der Waals surface area contributed by atoms with Gasteiger partial charge in [0.25, 0.3) is 5.91 Å². The van der Waals surface area contributed by atoms with Gasteiger partial charge in [0.15, 0.2) is 5.78 Å². The molecule has 0 fully saturated rings. The minimum Gasteiger partial charge on any atom is -0.454 e. The van der Waals surface area contributed by atoms with Gasteiger partial charge in [-0.2, -0.15) is 0 Å². The number of anilines is 1. The van der Waals surface area contributed by atoms with Crippen molar-refractivity contribution in [2.24, 2.45) is 0 Å². The molecule has 8 nitrogen and oxygen atoms in total. The van der Waals surface area contributed by atoms with Crippen LogP contribution in [-0.4, -0.2) is 47.4 Å². The Labute approximate surface area is 227 Å². The Hall–Kier alpha value is -0.810. The van der Waals surface area contributed by atoms with Gasteiger partial charge in [-0.1, -0.05) is 6.08 Å². The topological polar surface area (TPSA) is 122 Å². The molecule has 32 heavy (non-hydrogen) atoms. The normalized spacial score (nSPS) is 21.7. The molecule has 0 radical (unpaired) electrons. The first kappa shape index (κ1) is 27.4. The van der Waals surface area contributed by atoms with Crippen molar-refractivity contribution < 1.29 is 29.0 Å². The van der Waals surface area contributed by atoms with Crippen molar-refractivity contribution in [1.29, 1.82) is 0 Å². The molecular formula is C21H23I3N2O6. The molecule has 0 spiro atoms. The van der Waals surface area contributed by atoms with Crippen LogP contribution in [0.1, 0.15) is 60.2 Å². The third-order valence-electron chi connectivity index (χ3n) is 5.11. The van der Waals surface area contributed by atoms with E-state index >= 15 is 0 Å². The fourth-order valence-corrected chi connectivity index (χ4v) is 7.64. The molecule has 1 aromatic carbocycles. The van der Waals surface area contributed by atoms with E-state index in [2.05, 4.69) is 10.6 Å². The molecule has 1 aromatic rings. The SMILES string of the molecule is CNC(=O)c1c(I)c(NC(C)=O)c(I)c(C(=O)O[C@H]2/C=C/CC[C@@](O)(C(C)=O)CC2)c1I. The molecule has 0 unspecified atom stereocenters. The van der Waals surface area contributed by atoms with E-state index in [4.69, 9.17) is 4.74 Å². The summed E-state index contributed by atoms with van der Waals surface area (Å²) < 4.78 is 7.09. The van der Waals surface area contributed by atoms with Crippen LogP contribution in [0.3, 0.4) is 0 Å². The van der Waals surface area contributed by atoms with Crippen molar-refractivity contribution in [2.75, 3.05) is 12.4 Å². The number of nitrogens with one attached hydrogen (secondary N) is 2. The van der Waals surface area contributed by atoms with Crippen LogP contribution in [0.5, 0.6) is 0 Å². The lowest BCUT2D eigenvalue weighted by atomic mass is 9.85. The number of ketones is 1. The molecular weight excluding hydrogens is 757 g/mol. The lowest BCUT2D eigenvalue weighted by Gasteiger charge is -2.28. The smallest absolute Gasteiger partial charge is 0.340 e. The zero-order valence-corrected chi connectivity index (χ0v) is 24.2. The second-order valence-electron chi connectivity index (χ2n) is 7.36. The number of aliphatic hydroxyl groups is 1. The van der Waals surface area contributed by atoms with Crippen LogP contribution in [0.15, 0.2) is 12.2 Å². The van der Waals surface area contributed by atoms with E-state index in [1.54, 1.807) is 12.2 Å². The number of esters is 1. The molecule has 0 saturated carbocycles. The van der Waals surface area contributed by atoms with Gasteiger partial charge in [-0.05, 0) is 106 Å². The number of amides is 2. The standard InChI is InChI=1S/C21H23I3N2O6/c1-10(27)21(31)8-5-4-6-12(7-9-21)32-20(30)14-15(22)13(19(29)25-3)16(23)18(17(14)24)26-11(2)28/h4,6,12,31H,5,7-9H2,1-3H3,(H,25,29)(H,26,28)/b6-4+/t12-,21-/m0/s1. The Balaban J connectivity index is 2.46. The first-order valence-corrected chi connectivity index (χ1v) is 13.0. The van der Waals surface area contributed by atoms with Gasteiger partial charge in [-0.25, -0.2) is 4.79 Å². The molecule has 11 heteroatoms. The fraction of sp³-hybridized carbons (Fsp3) is 0.429. The number of halogens is 3. The summed E-state index contributed by atoms with van der Waals surface area (Å²) in [5, 5.41) is 15.8.